The Labute approximate surface area is 122 Å². The molecule has 0 bridgehead atoms. The van der Waals surface area contributed by atoms with Crippen molar-refractivity contribution in [2.75, 3.05) is 12.3 Å². The molecule has 0 spiro atoms. The quantitative estimate of drug-likeness (QED) is 0.794. The van der Waals surface area contributed by atoms with E-state index in [1.165, 1.54) is 18.2 Å². The molecule has 5 nitrogen and oxygen atoms in total. The van der Waals surface area contributed by atoms with Gasteiger partial charge in [0.2, 0.25) is 0 Å². The number of carboxylic acids is 1. The first kappa shape index (κ1) is 14.7. The number of hydrogen-bond acceptors (Lipinski definition) is 4. The SMILES string of the molecule is CCCOc1ccc(Oc2cc(N)ccc2C(=O)O)cc1. The Bertz CT molecular complexity index is 623. The van der Waals surface area contributed by atoms with Gasteiger partial charge < -0.3 is 20.3 Å². The van der Waals surface area contributed by atoms with E-state index in [0.29, 0.717) is 18.0 Å². The number of benzene rings is 2. The molecule has 0 radical (unpaired) electrons. The highest BCUT2D eigenvalue weighted by molar-refractivity contribution is 5.91. The molecule has 21 heavy (non-hydrogen) atoms. The highest BCUT2D eigenvalue weighted by atomic mass is 16.5. The second-order valence-corrected chi connectivity index (χ2v) is 4.48. The molecule has 0 aliphatic heterocycles. The van der Waals surface area contributed by atoms with Crippen molar-refractivity contribution in [3.63, 3.8) is 0 Å². The van der Waals surface area contributed by atoms with E-state index in [9.17, 15) is 4.79 Å². The average molecular weight is 287 g/mol. The smallest absolute Gasteiger partial charge is 0.339 e. The Morgan fingerprint density at radius 2 is 1.81 bits per heavy atom. The fraction of sp³-hybridized carbons (Fsp3) is 0.188. The molecule has 0 saturated carbocycles. The van der Waals surface area contributed by atoms with Crippen molar-refractivity contribution in [1.82, 2.24) is 0 Å². The number of ether oxygens (including phenoxy) is 2. The molecule has 0 aliphatic rings. The van der Waals surface area contributed by atoms with Crippen LogP contribution in [0.25, 0.3) is 0 Å². The first-order valence-electron chi connectivity index (χ1n) is 6.63. The summed E-state index contributed by atoms with van der Waals surface area (Å²) in [5.74, 6) is 0.416. The van der Waals surface area contributed by atoms with Gasteiger partial charge in [0, 0.05) is 11.8 Å². The summed E-state index contributed by atoms with van der Waals surface area (Å²) in [4.78, 5) is 11.2. The molecule has 0 aliphatic carbocycles. The van der Waals surface area contributed by atoms with E-state index in [1.807, 2.05) is 6.92 Å². The molecule has 2 aromatic carbocycles. The lowest BCUT2D eigenvalue weighted by atomic mass is 10.2. The van der Waals surface area contributed by atoms with Gasteiger partial charge in [-0.3, -0.25) is 0 Å². The van der Waals surface area contributed by atoms with Crippen molar-refractivity contribution in [2.24, 2.45) is 0 Å². The largest absolute Gasteiger partial charge is 0.494 e. The minimum absolute atomic E-state index is 0.0653. The van der Waals surface area contributed by atoms with Crippen LogP contribution in [0.5, 0.6) is 17.2 Å². The van der Waals surface area contributed by atoms with Crippen LogP contribution in [0.15, 0.2) is 42.5 Å². The predicted octanol–water partition coefficient (Wildman–Crippen LogP) is 3.55. The molecule has 5 heteroatoms. The maximum Gasteiger partial charge on any atom is 0.339 e. The van der Waals surface area contributed by atoms with Gasteiger partial charge in [0.05, 0.1) is 6.61 Å². The van der Waals surface area contributed by atoms with Crippen LogP contribution in [0.3, 0.4) is 0 Å². The van der Waals surface area contributed by atoms with Gasteiger partial charge in [0.1, 0.15) is 22.8 Å². The summed E-state index contributed by atoms with van der Waals surface area (Å²) < 4.78 is 11.1. The van der Waals surface area contributed by atoms with Crippen molar-refractivity contribution in [3.8, 4) is 17.2 Å². The second kappa shape index (κ2) is 6.65. The zero-order valence-corrected chi connectivity index (χ0v) is 11.7. The normalized spacial score (nSPS) is 10.1. The summed E-state index contributed by atoms with van der Waals surface area (Å²) in [6.07, 6.45) is 0.934. The van der Waals surface area contributed by atoms with Crippen LogP contribution < -0.4 is 15.2 Å². The van der Waals surface area contributed by atoms with Crippen LogP contribution in [0.4, 0.5) is 5.69 Å². The topological polar surface area (TPSA) is 81.8 Å². The Kier molecular flexibility index (Phi) is 4.66. The third-order valence-corrected chi connectivity index (χ3v) is 2.76. The van der Waals surface area contributed by atoms with Gasteiger partial charge in [0.25, 0.3) is 0 Å². The van der Waals surface area contributed by atoms with Gasteiger partial charge in [-0.1, -0.05) is 6.92 Å². The number of rotatable bonds is 6. The molecule has 0 heterocycles. The van der Waals surface area contributed by atoms with E-state index in [-0.39, 0.29) is 11.3 Å². The fourth-order valence-electron chi connectivity index (χ4n) is 1.75. The zero-order valence-electron chi connectivity index (χ0n) is 11.7. The molecule has 2 rings (SSSR count). The van der Waals surface area contributed by atoms with E-state index in [2.05, 4.69) is 0 Å². The average Bonchev–Trinajstić information content (AvgIpc) is 2.46. The van der Waals surface area contributed by atoms with Crippen molar-refractivity contribution >= 4 is 11.7 Å². The minimum Gasteiger partial charge on any atom is -0.494 e. The molecule has 0 saturated heterocycles. The van der Waals surface area contributed by atoms with Crippen molar-refractivity contribution < 1.29 is 19.4 Å². The summed E-state index contributed by atoms with van der Waals surface area (Å²) in [5, 5.41) is 9.13. The van der Waals surface area contributed by atoms with Gasteiger partial charge in [0.15, 0.2) is 0 Å². The van der Waals surface area contributed by atoms with E-state index in [4.69, 9.17) is 20.3 Å². The number of hydrogen-bond donors (Lipinski definition) is 2. The standard InChI is InChI=1S/C16H17NO4/c1-2-9-20-12-4-6-13(7-5-12)21-15-10-11(17)3-8-14(15)16(18)19/h3-8,10H,2,9,17H2,1H3,(H,18,19). The van der Waals surface area contributed by atoms with E-state index in [0.717, 1.165) is 12.2 Å². The lowest BCUT2D eigenvalue weighted by Gasteiger charge is -2.10. The maximum absolute atomic E-state index is 11.2. The summed E-state index contributed by atoms with van der Waals surface area (Å²) >= 11 is 0. The zero-order chi connectivity index (χ0) is 15.2. The Morgan fingerprint density at radius 1 is 1.14 bits per heavy atom. The van der Waals surface area contributed by atoms with Gasteiger partial charge >= 0.3 is 5.97 Å². The molecular formula is C16H17NO4. The third-order valence-electron chi connectivity index (χ3n) is 2.76. The highest BCUT2D eigenvalue weighted by Gasteiger charge is 2.12. The maximum atomic E-state index is 11.2. The first-order valence-corrected chi connectivity index (χ1v) is 6.63. The van der Waals surface area contributed by atoms with Gasteiger partial charge in [-0.05, 0) is 42.8 Å². The molecule has 110 valence electrons. The second-order valence-electron chi connectivity index (χ2n) is 4.48. The monoisotopic (exact) mass is 287 g/mol. The van der Waals surface area contributed by atoms with E-state index >= 15 is 0 Å². The molecular weight excluding hydrogens is 270 g/mol. The number of anilines is 1. The van der Waals surface area contributed by atoms with Crippen LogP contribution in [0, 0.1) is 0 Å². The van der Waals surface area contributed by atoms with Crippen LogP contribution >= 0.6 is 0 Å². The number of carboxylic acid groups (broad SMARTS) is 1. The molecule has 0 fully saturated rings. The number of aromatic carboxylic acids is 1. The van der Waals surface area contributed by atoms with Crippen LogP contribution in [-0.4, -0.2) is 17.7 Å². The summed E-state index contributed by atoms with van der Waals surface area (Å²) in [6.45, 7) is 2.68. The Balaban J connectivity index is 2.18. The summed E-state index contributed by atoms with van der Waals surface area (Å²) in [5.41, 5.74) is 6.18. The van der Waals surface area contributed by atoms with E-state index in [1.54, 1.807) is 24.3 Å². The number of nitrogens with two attached hydrogens (primary N) is 1. The molecule has 0 atom stereocenters. The number of carbonyl (C=O) groups is 1. The van der Waals surface area contributed by atoms with Crippen LogP contribution in [0.2, 0.25) is 0 Å². The Hall–Kier alpha value is -2.69. The fourth-order valence-corrected chi connectivity index (χ4v) is 1.75. The van der Waals surface area contributed by atoms with Crippen LogP contribution in [0.1, 0.15) is 23.7 Å². The van der Waals surface area contributed by atoms with Crippen molar-refractivity contribution in [1.29, 1.82) is 0 Å². The molecule has 0 unspecified atom stereocenters. The summed E-state index contributed by atoms with van der Waals surface area (Å²) in [6, 6.07) is 11.4. The molecule has 0 aromatic heterocycles. The van der Waals surface area contributed by atoms with Crippen molar-refractivity contribution in [2.45, 2.75) is 13.3 Å². The minimum atomic E-state index is -1.06. The first-order chi connectivity index (χ1) is 10.1. The highest BCUT2D eigenvalue weighted by Crippen LogP contribution is 2.28. The lowest BCUT2D eigenvalue weighted by molar-refractivity contribution is 0.0694. The lowest BCUT2D eigenvalue weighted by Crippen LogP contribution is -2.01. The Morgan fingerprint density at radius 3 is 2.43 bits per heavy atom. The predicted molar refractivity (Wildman–Crippen MR) is 80.1 cm³/mol. The van der Waals surface area contributed by atoms with Crippen molar-refractivity contribution in [3.05, 3.63) is 48.0 Å². The molecule has 2 aromatic rings. The molecule has 0 amide bonds. The van der Waals surface area contributed by atoms with Gasteiger partial charge in [-0.15, -0.1) is 0 Å². The number of nitrogen functional groups attached to an aromatic ring is 1. The third kappa shape index (κ3) is 3.89. The van der Waals surface area contributed by atoms with Gasteiger partial charge in [-0.25, -0.2) is 4.79 Å². The van der Waals surface area contributed by atoms with E-state index < -0.39 is 5.97 Å². The van der Waals surface area contributed by atoms with Crippen LogP contribution in [-0.2, 0) is 0 Å². The molecule has 3 N–H and O–H groups in total. The summed E-state index contributed by atoms with van der Waals surface area (Å²) in [7, 11) is 0. The van der Waals surface area contributed by atoms with Gasteiger partial charge in [-0.2, -0.15) is 0 Å².